The van der Waals surface area contributed by atoms with Gasteiger partial charge in [0, 0.05) is 31.5 Å². The summed E-state index contributed by atoms with van der Waals surface area (Å²) < 4.78 is 6.92. The SMILES string of the molecule is COc1ccc(C2=CNC(=O)C(NC(=O)N3CCC(n4c(=O)[nH]c5ncccc54)CC3)C=C2)cc1. The minimum Gasteiger partial charge on any atom is -0.497 e. The van der Waals surface area contributed by atoms with E-state index in [9.17, 15) is 14.4 Å². The maximum absolute atomic E-state index is 12.9. The van der Waals surface area contributed by atoms with Crippen molar-refractivity contribution in [1.82, 2.24) is 30.1 Å². The Hall–Kier alpha value is -4.34. The highest BCUT2D eigenvalue weighted by Gasteiger charge is 2.28. The first kappa shape index (κ1) is 22.5. The third kappa shape index (κ3) is 4.54. The molecule has 0 aliphatic carbocycles. The number of hydrogen-bond acceptors (Lipinski definition) is 5. The number of amides is 3. The fourth-order valence-corrected chi connectivity index (χ4v) is 4.52. The summed E-state index contributed by atoms with van der Waals surface area (Å²) in [6, 6.07) is 10.0. The molecular formula is C25H26N6O4. The van der Waals surface area contributed by atoms with Gasteiger partial charge >= 0.3 is 11.7 Å². The zero-order valence-corrected chi connectivity index (χ0v) is 19.2. The van der Waals surface area contributed by atoms with Crippen LogP contribution in [0.25, 0.3) is 16.7 Å². The van der Waals surface area contributed by atoms with E-state index in [0.717, 1.165) is 22.4 Å². The van der Waals surface area contributed by atoms with E-state index in [2.05, 4.69) is 20.6 Å². The number of fused-ring (bicyclic) bond motifs is 1. The fraction of sp³-hybridized carbons (Fsp3) is 0.280. The van der Waals surface area contributed by atoms with Crippen LogP contribution in [0.3, 0.4) is 0 Å². The van der Waals surface area contributed by atoms with Crippen LogP contribution in [0.4, 0.5) is 4.79 Å². The number of nitrogens with one attached hydrogen (secondary N) is 3. The standard InChI is InChI=1S/C25H26N6O4/c1-35-19-7-4-16(5-8-19)17-6-9-20(23(32)27-15-17)28-24(33)30-13-10-18(11-14-30)31-21-3-2-12-26-22(21)29-25(31)34/h2-9,12,15,18,20H,10-11,13-14H2,1H3,(H,27,32)(H,28,33)(H,26,29,34). The molecule has 3 N–H and O–H groups in total. The molecule has 0 spiro atoms. The van der Waals surface area contributed by atoms with E-state index in [1.807, 2.05) is 36.4 Å². The summed E-state index contributed by atoms with van der Waals surface area (Å²) in [6.45, 7) is 0.951. The van der Waals surface area contributed by atoms with Crippen molar-refractivity contribution in [2.45, 2.75) is 24.9 Å². The zero-order valence-electron chi connectivity index (χ0n) is 19.2. The van der Waals surface area contributed by atoms with Crippen molar-refractivity contribution >= 4 is 28.7 Å². The van der Waals surface area contributed by atoms with E-state index < -0.39 is 6.04 Å². The topological polar surface area (TPSA) is 121 Å². The number of imidazole rings is 1. The number of benzene rings is 1. The van der Waals surface area contributed by atoms with Crippen LogP contribution in [0.5, 0.6) is 5.75 Å². The number of aromatic nitrogens is 3. The van der Waals surface area contributed by atoms with Crippen LogP contribution in [0.15, 0.2) is 65.7 Å². The lowest BCUT2D eigenvalue weighted by atomic mass is 10.0. The molecule has 180 valence electrons. The molecule has 2 aromatic heterocycles. The molecule has 0 radical (unpaired) electrons. The van der Waals surface area contributed by atoms with Gasteiger partial charge in [-0.05, 0) is 48.2 Å². The lowest BCUT2D eigenvalue weighted by Crippen LogP contribution is -2.51. The van der Waals surface area contributed by atoms with Gasteiger partial charge in [0.1, 0.15) is 11.8 Å². The molecule has 0 bridgehead atoms. The second-order valence-electron chi connectivity index (χ2n) is 8.51. The van der Waals surface area contributed by atoms with E-state index in [1.54, 1.807) is 41.1 Å². The highest BCUT2D eigenvalue weighted by molar-refractivity contribution is 5.92. The highest BCUT2D eigenvalue weighted by atomic mass is 16.5. The van der Waals surface area contributed by atoms with Crippen LogP contribution in [-0.4, -0.2) is 57.6 Å². The molecule has 10 heteroatoms. The summed E-state index contributed by atoms with van der Waals surface area (Å²) in [7, 11) is 1.61. The molecule has 1 atom stereocenters. The Balaban J connectivity index is 1.21. The Labute approximate surface area is 201 Å². The first-order valence-electron chi connectivity index (χ1n) is 11.5. The van der Waals surface area contributed by atoms with Gasteiger partial charge in [-0.15, -0.1) is 0 Å². The van der Waals surface area contributed by atoms with E-state index in [0.29, 0.717) is 31.6 Å². The third-order valence-corrected chi connectivity index (χ3v) is 6.43. The normalized spacial score (nSPS) is 18.7. The number of rotatable bonds is 4. The number of allylic oxidation sites excluding steroid dienone is 2. The second kappa shape index (κ2) is 9.49. The molecule has 1 unspecified atom stereocenters. The summed E-state index contributed by atoms with van der Waals surface area (Å²) in [5.41, 5.74) is 2.87. The Morgan fingerprint density at radius 3 is 2.66 bits per heavy atom. The lowest BCUT2D eigenvalue weighted by molar-refractivity contribution is -0.120. The predicted molar refractivity (Wildman–Crippen MR) is 131 cm³/mol. The average molecular weight is 475 g/mol. The number of carbonyl (C=O) groups is 2. The summed E-state index contributed by atoms with van der Waals surface area (Å²) in [5, 5.41) is 5.56. The van der Waals surface area contributed by atoms with Gasteiger partial charge in [0.15, 0.2) is 5.65 Å². The van der Waals surface area contributed by atoms with Crippen molar-refractivity contribution in [1.29, 1.82) is 0 Å². The Morgan fingerprint density at radius 1 is 1.14 bits per heavy atom. The number of aromatic amines is 1. The molecule has 1 aromatic carbocycles. The van der Waals surface area contributed by atoms with Gasteiger partial charge in [-0.1, -0.05) is 24.3 Å². The van der Waals surface area contributed by atoms with Gasteiger partial charge in [-0.2, -0.15) is 0 Å². The largest absolute Gasteiger partial charge is 0.497 e. The molecule has 35 heavy (non-hydrogen) atoms. The van der Waals surface area contributed by atoms with Crippen molar-refractivity contribution in [2.75, 3.05) is 20.2 Å². The summed E-state index contributed by atoms with van der Waals surface area (Å²) in [5.74, 6) is 0.432. The minimum atomic E-state index is -0.797. The zero-order chi connectivity index (χ0) is 24.4. The third-order valence-electron chi connectivity index (χ3n) is 6.43. The molecule has 3 aromatic rings. The number of piperidine rings is 1. The van der Waals surface area contributed by atoms with Crippen LogP contribution in [-0.2, 0) is 4.79 Å². The van der Waals surface area contributed by atoms with Crippen molar-refractivity contribution in [2.24, 2.45) is 0 Å². The van der Waals surface area contributed by atoms with E-state index in [1.165, 1.54) is 0 Å². The number of carbonyl (C=O) groups excluding carboxylic acids is 2. The maximum atomic E-state index is 12.9. The second-order valence-corrected chi connectivity index (χ2v) is 8.51. The first-order chi connectivity index (χ1) is 17.0. The van der Waals surface area contributed by atoms with Crippen LogP contribution < -0.4 is 21.1 Å². The van der Waals surface area contributed by atoms with Crippen LogP contribution in [0.2, 0.25) is 0 Å². The number of nitrogens with zero attached hydrogens (tertiary/aromatic N) is 3. The van der Waals surface area contributed by atoms with Crippen LogP contribution >= 0.6 is 0 Å². The fourth-order valence-electron chi connectivity index (χ4n) is 4.52. The number of likely N-dealkylation sites (tertiary alicyclic amines) is 1. The smallest absolute Gasteiger partial charge is 0.327 e. The number of urea groups is 1. The molecule has 1 saturated heterocycles. The monoisotopic (exact) mass is 474 g/mol. The summed E-state index contributed by atoms with van der Waals surface area (Å²) in [4.78, 5) is 46.6. The van der Waals surface area contributed by atoms with Crippen molar-refractivity contribution < 1.29 is 14.3 Å². The molecule has 1 fully saturated rings. The molecule has 5 rings (SSSR count). The highest BCUT2D eigenvalue weighted by Crippen LogP contribution is 2.25. The van der Waals surface area contributed by atoms with Crippen LogP contribution in [0.1, 0.15) is 24.4 Å². The van der Waals surface area contributed by atoms with Gasteiger partial charge < -0.3 is 20.3 Å². The van der Waals surface area contributed by atoms with Gasteiger partial charge in [0.05, 0.1) is 12.6 Å². The van der Waals surface area contributed by atoms with E-state index in [-0.39, 0.29) is 23.7 Å². The van der Waals surface area contributed by atoms with Gasteiger partial charge in [-0.25, -0.2) is 14.6 Å². The van der Waals surface area contributed by atoms with Gasteiger partial charge in [-0.3, -0.25) is 14.3 Å². The molecule has 4 heterocycles. The van der Waals surface area contributed by atoms with E-state index >= 15 is 0 Å². The molecular weight excluding hydrogens is 448 g/mol. The first-order valence-corrected chi connectivity index (χ1v) is 11.5. The Bertz CT molecular complexity index is 1360. The van der Waals surface area contributed by atoms with Gasteiger partial charge in [0.2, 0.25) is 0 Å². The van der Waals surface area contributed by atoms with Crippen molar-refractivity contribution in [3.63, 3.8) is 0 Å². The molecule has 2 aliphatic rings. The average Bonchev–Trinajstić information content (AvgIpc) is 3.12. The quantitative estimate of drug-likeness (QED) is 0.535. The number of ether oxygens (including phenoxy) is 1. The molecule has 2 aliphatic heterocycles. The Kier molecular flexibility index (Phi) is 6.09. The maximum Gasteiger partial charge on any atom is 0.327 e. The lowest BCUT2D eigenvalue weighted by Gasteiger charge is -2.33. The van der Waals surface area contributed by atoms with Crippen molar-refractivity contribution in [3.05, 3.63) is 77.0 Å². The summed E-state index contributed by atoms with van der Waals surface area (Å²) in [6.07, 6.45) is 8.03. The molecule has 10 nitrogen and oxygen atoms in total. The van der Waals surface area contributed by atoms with Crippen LogP contribution in [0, 0.1) is 0 Å². The summed E-state index contributed by atoms with van der Waals surface area (Å²) >= 11 is 0. The molecule has 0 saturated carbocycles. The Morgan fingerprint density at radius 2 is 1.91 bits per heavy atom. The van der Waals surface area contributed by atoms with E-state index in [4.69, 9.17) is 4.74 Å². The predicted octanol–water partition coefficient (Wildman–Crippen LogP) is 2.18. The van der Waals surface area contributed by atoms with Gasteiger partial charge in [0.25, 0.3) is 5.91 Å². The molecule has 3 amide bonds. The van der Waals surface area contributed by atoms with Crippen molar-refractivity contribution in [3.8, 4) is 5.75 Å². The number of pyridine rings is 1. The number of H-pyrrole nitrogens is 1. The number of hydrogen-bond donors (Lipinski definition) is 3. The minimum absolute atomic E-state index is 0.0261. The number of methoxy groups -OCH3 is 1.